The molecule has 7 nitrogen and oxygen atoms in total. The Kier molecular flexibility index (Phi) is 3.95. The molecule has 1 N–H and O–H groups in total. The first kappa shape index (κ1) is 14.0. The van der Waals surface area contributed by atoms with Gasteiger partial charge in [-0.25, -0.2) is 14.6 Å². The maximum atomic E-state index is 4.50. The second-order valence-electron chi connectivity index (χ2n) is 4.95. The Hall–Kier alpha value is -2.96. The third-order valence-electron chi connectivity index (χ3n) is 3.11. The summed E-state index contributed by atoms with van der Waals surface area (Å²) < 4.78 is 1.67. The van der Waals surface area contributed by atoms with Gasteiger partial charge in [0.25, 0.3) is 0 Å². The standard InChI is InChI=1S/C15H17N7/c1-21(2)15-12(5-3-6-17-15)9-18-13-10-16-11-14(20-13)22-8-4-7-19-22/h3-8,10-11H,9H2,1-2H3,(H,18,20). The van der Waals surface area contributed by atoms with Gasteiger partial charge in [-0.05, 0) is 12.1 Å². The quantitative estimate of drug-likeness (QED) is 0.773. The van der Waals surface area contributed by atoms with Crippen molar-refractivity contribution in [1.82, 2.24) is 24.7 Å². The molecule has 0 amide bonds. The fourth-order valence-electron chi connectivity index (χ4n) is 2.11. The van der Waals surface area contributed by atoms with Crippen molar-refractivity contribution in [3.8, 4) is 5.82 Å². The second kappa shape index (κ2) is 6.21. The largest absolute Gasteiger partial charge is 0.364 e. The summed E-state index contributed by atoms with van der Waals surface area (Å²) in [6, 6.07) is 5.82. The van der Waals surface area contributed by atoms with Gasteiger partial charge in [-0.15, -0.1) is 0 Å². The molecule has 3 heterocycles. The lowest BCUT2D eigenvalue weighted by Crippen LogP contribution is -2.15. The molecule has 0 radical (unpaired) electrons. The Morgan fingerprint density at radius 3 is 2.86 bits per heavy atom. The highest BCUT2D eigenvalue weighted by molar-refractivity contribution is 5.47. The molecule has 3 aromatic rings. The lowest BCUT2D eigenvalue weighted by atomic mass is 10.2. The Labute approximate surface area is 128 Å². The van der Waals surface area contributed by atoms with Gasteiger partial charge >= 0.3 is 0 Å². The van der Waals surface area contributed by atoms with Gasteiger partial charge in [0, 0.05) is 44.8 Å². The molecule has 112 valence electrons. The number of pyridine rings is 1. The Morgan fingerprint density at radius 2 is 2.09 bits per heavy atom. The first-order valence-electron chi connectivity index (χ1n) is 6.91. The van der Waals surface area contributed by atoms with E-state index in [0.717, 1.165) is 11.4 Å². The summed E-state index contributed by atoms with van der Waals surface area (Å²) in [5.74, 6) is 2.31. The summed E-state index contributed by atoms with van der Waals surface area (Å²) in [7, 11) is 3.95. The Balaban J connectivity index is 1.76. The monoisotopic (exact) mass is 295 g/mol. The minimum absolute atomic E-state index is 0.624. The van der Waals surface area contributed by atoms with Gasteiger partial charge in [0.15, 0.2) is 5.82 Å². The summed E-state index contributed by atoms with van der Waals surface area (Å²) in [4.78, 5) is 15.1. The van der Waals surface area contributed by atoms with E-state index in [1.165, 1.54) is 0 Å². The number of hydrogen-bond acceptors (Lipinski definition) is 6. The zero-order valence-corrected chi connectivity index (χ0v) is 12.5. The molecular formula is C15H17N7. The van der Waals surface area contributed by atoms with E-state index in [4.69, 9.17) is 0 Å². The smallest absolute Gasteiger partial charge is 0.173 e. The molecule has 3 rings (SSSR count). The van der Waals surface area contributed by atoms with Crippen LogP contribution in [0.4, 0.5) is 11.6 Å². The van der Waals surface area contributed by atoms with Crippen molar-refractivity contribution in [2.75, 3.05) is 24.3 Å². The zero-order valence-electron chi connectivity index (χ0n) is 12.5. The molecular weight excluding hydrogens is 278 g/mol. The van der Waals surface area contributed by atoms with Crippen molar-refractivity contribution in [2.24, 2.45) is 0 Å². The van der Waals surface area contributed by atoms with E-state index in [1.807, 2.05) is 43.4 Å². The van der Waals surface area contributed by atoms with Gasteiger partial charge in [-0.1, -0.05) is 6.07 Å². The van der Waals surface area contributed by atoms with Crippen molar-refractivity contribution in [1.29, 1.82) is 0 Å². The third kappa shape index (κ3) is 3.03. The van der Waals surface area contributed by atoms with Crippen LogP contribution in [0.2, 0.25) is 0 Å². The molecule has 0 bridgehead atoms. The number of anilines is 2. The SMILES string of the molecule is CN(C)c1ncccc1CNc1cncc(-n2cccn2)n1. The third-order valence-corrected chi connectivity index (χ3v) is 3.11. The predicted molar refractivity (Wildman–Crippen MR) is 85.0 cm³/mol. The molecule has 0 aromatic carbocycles. The van der Waals surface area contributed by atoms with Crippen molar-refractivity contribution < 1.29 is 0 Å². The molecule has 0 saturated heterocycles. The van der Waals surface area contributed by atoms with Crippen LogP contribution in [-0.4, -0.2) is 38.8 Å². The molecule has 3 aromatic heterocycles. The molecule has 0 aliphatic carbocycles. The Bertz CT molecular complexity index is 737. The number of rotatable bonds is 5. The van der Waals surface area contributed by atoms with Crippen LogP contribution >= 0.6 is 0 Å². The summed E-state index contributed by atoms with van der Waals surface area (Å²) in [5.41, 5.74) is 1.10. The zero-order chi connectivity index (χ0) is 15.4. The van der Waals surface area contributed by atoms with Gasteiger partial charge in [-0.2, -0.15) is 5.10 Å². The number of nitrogens with zero attached hydrogens (tertiary/aromatic N) is 6. The van der Waals surface area contributed by atoms with E-state index >= 15 is 0 Å². The van der Waals surface area contributed by atoms with E-state index in [0.29, 0.717) is 18.2 Å². The average Bonchev–Trinajstić information content (AvgIpc) is 3.08. The van der Waals surface area contributed by atoms with Crippen molar-refractivity contribution >= 4 is 11.6 Å². The summed E-state index contributed by atoms with van der Waals surface area (Å²) in [5, 5.41) is 7.43. The van der Waals surface area contributed by atoms with Gasteiger partial charge in [0.2, 0.25) is 0 Å². The first-order chi connectivity index (χ1) is 10.7. The van der Waals surface area contributed by atoms with Crippen LogP contribution in [0.25, 0.3) is 5.82 Å². The molecule has 0 spiro atoms. The van der Waals surface area contributed by atoms with E-state index in [-0.39, 0.29) is 0 Å². The number of aromatic nitrogens is 5. The van der Waals surface area contributed by atoms with Crippen LogP contribution in [0.15, 0.2) is 49.2 Å². The van der Waals surface area contributed by atoms with Gasteiger partial charge in [0.1, 0.15) is 11.6 Å². The van der Waals surface area contributed by atoms with Crippen molar-refractivity contribution in [3.63, 3.8) is 0 Å². The normalized spacial score (nSPS) is 10.5. The minimum Gasteiger partial charge on any atom is -0.364 e. The highest BCUT2D eigenvalue weighted by atomic mass is 15.3. The summed E-state index contributed by atoms with van der Waals surface area (Å²) in [6.07, 6.45) is 8.70. The second-order valence-corrected chi connectivity index (χ2v) is 4.95. The Morgan fingerprint density at radius 1 is 1.18 bits per heavy atom. The lowest BCUT2D eigenvalue weighted by Gasteiger charge is -2.16. The lowest BCUT2D eigenvalue weighted by molar-refractivity contribution is 0.837. The van der Waals surface area contributed by atoms with Gasteiger partial charge in [0.05, 0.1) is 12.4 Å². The molecule has 0 aliphatic rings. The van der Waals surface area contributed by atoms with E-state index in [9.17, 15) is 0 Å². The molecule has 0 atom stereocenters. The van der Waals surface area contributed by atoms with Crippen LogP contribution in [-0.2, 0) is 6.54 Å². The van der Waals surface area contributed by atoms with Crippen LogP contribution in [0.3, 0.4) is 0 Å². The van der Waals surface area contributed by atoms with E-state index < -0.39 is 0 Å². The fraction of sp³-hybridized carbons (Fsp3) is 0.200. The summed E-state index contributed by atoms with van der Waals surface area (Å²) in [6.45, 7) is 0.624. The molecule has 7 heteroatoms. The van der Waals surface area contributed by atoms with E-state index in [2.05, 4.69) is 25.4 Å². The maximum absolute atomic E-state index is 4.50. The van der Waals surface area contributed by atoms with Crippen LogP contribution < -0.4 is 10.2 Å². The van der Waals surface area contributed by atoms with Crippen molar-refractivity contribution in [2.45, 2.75) is 6.54 Å². The number of nitrogens with one attached hydrogen (secondary N) is 1. The van der Waals surface area contributed by atoms with Crippen LogP contribution in [0, 0.1) is 0 Å². The average molecular weight is 295 g/mol. The van der Waals surface area contributed by atoms with Crippen LogP contribution in [0.1, 0.15) is 5.56 Å². The summed E-state index contributed by atoms with van der Waals surface area (Å²) >= 11 is 0. The molecule has 0 fully saturated rings. The highest BCUT2D eigenvalue weighted by Gasteiger charge is 2.06. The maximum Gasteiger partial charge on any atom is 0.173 e. The van der Waals surface area contributed by atoms with Gasteiger partial charge in [-0.3, -0.25) is 4.98 Å². The first-order valence-corrected chi connectivity index (χ1v) is 6.91. The number of hydrogen-bond donors (Lipinski definition) is 1. The molecule has 22 heavy (non-hydrogen) atoms. The topological polar surface area (TPSA) is 71.8 Å². The molecule has 0 aliphatic heterocycles. The van der Waals surface area contributed by atoms with E-state index in [1.54, 1.807) is 29.5 Å². The van der Waals surface area contributed by atoms with Gasteiger partial charge < -0.3 is 10.2 Å². The minimum atomic E-state index is 0.624. The van der Waals surface area contributed by atoms with Crippen LogP contribution in [0.5, 0.6) is 0 Å². The molecule has 0 unspecified atom stereocenters. The predicted octanol–water partition coefficient (Wildman–Crippen LogP) is 1.74. The molecule has 0 saturated carbocycles. The fourth-order valence-corrected chi connectivity index (χ4v) is 2.11. The van der Waals surface area contributed by atoms with Crippen molar-refractivity contribution in [3.05, 3.63) is 54.7 Å². The highest BCUT2D eigenvalue weighted by Crippen LogP contribution is 2.16.